The molecule has 1 aromatic heterocycles. The minimum Gasteiger partial charge on any atom is -0.389 e. The van der Waals surface area contributed by atoms with Crippen LogP contribution in [0.15, 0.2) is 12.1 Å². The second kappa shape index (κ2) is 6.74. The number of nitriles is 1. The van der Waals surface area contributed by atoms with E-state index in [9.17, 15) is 9.90 Å². The van der Waals surface area contributed by atoms with Crippen LogP contribution in [-0.4, -0.2) is 21.6 Å². The highest BCUT2D eigenvalue weighted by molar-refractivity contribution is 6.29. The molecule has 0 radical (unpaired) electrons. The molecule has 1 heterocycles. The van der Waals surface area contributed by atoms with Crippen molar-refractivity contribution in [3.63, 3.8) is 0 Å². The van der Waals surface area contributed by atoms with Crippen LogP contribution in [0.2, 0.25) is 5.15 Å². The monoisotopic (exact) mass is 308 g/mol. The van der Waals surface area contributed by atoms with Gasteiger partial charge in [-0.3, -0.25) is 15.6 Å². The van der Waals surface area contributed by atoms with E-state index in [0.717, 1.165) is 19.3 Å². The maximum Gasteiger partial charge on any atom is 0.241 e. The molecule has 0 aromatic carbocycles. The Bertz CT molecular complexity index is 565. The van der Waals surface area contributed by atoms with Crippen molar-refractivity contribution in [1.82, 2.24) is 10.4 Å². The number of pyridine rings is 1. The minimum absolute atomic E-state index is 0.0473. The second-order valence-electron chi connectivity index (χ2n) is 5.31. The zero-order chi connectivity index (χ0) is 15.3. The quantitative estimate of drug-likeness (QED) is 0.584. The first-order valence-corrected chi connectivity index (χ1v) is 7.23. The van der Waals surface area contributed by atoms with Crippen LogP contribution in [0.5, 0.6) is 0 Å². The van der Waals surface area contributed by atoms with E-state index < -0.39 is 5.60 Å². The lowest BCUT2D eigenvalue weighted by Crippen LogP contribution is -2.40. The Morgan fingerprint density at radius 2 is 2.14 bits per heavy atom. The molecule has 0 unspecified atom stereocenters. The molecule has 0 aliphatic heterocycles. The van der Waals surface area contributed by atoms with Crippen molar-refractivity contribution >= 4 is 23.3 Å². The Hall–Kier alpha value is -1.84. The number of carbonyl (C=O) groups is 1. The van der Waals surface area contributed by atoms with Gasteiger partial charge < -0.3 is 5.11 Å². The second-order valence-corrected chi connectivity index (χ2v) is 5.70. The van der Waals surface area contributed by atoms with Crippen LogP contribution >= 0.6 is 11.6 Å². The van der Waals surface area contributed by atoms with E-state index in [0.29, 0.717) is 18.4 Å². The highest BCUT2D eigenvalue weighted by Gasteiger charge is 2.31. The van der Waals surface area contributed by atoms with Gasteiger partial charge in [0.05, 0.1) is 23.7 Å². The molecule has 1 aliphatic rings. The van der Waals surface area contributed by atoms with Gasteiger partial charge in [0.15, 0.2) is 0 Å². The van der Waals surface area contributed by atoms with Gasteiger partial charge in [0.1, 0.15) is 11.0 Å². The Morgan fingerprint density at radius 1 is 1.43 bits per heavy atom. The zero-order valence-electron chi connectivity index (χ0n) is 11.5. The molecule has 2 rings (SSSR count). The average molecular weight is 309 g/mol. The number of amides is 1. The molecule has 0 saturated heterocycles. The Morgan fingerprint density at radius 3 is 2.81 bits per heavy atom. The number of hydrazine groups is 1. The minimum atomic E-state index is -0.913. The molecule has 1 amide bonds. The van der Waals surface area contributed by atoms with Gasteiger partial charge in [0.2, 0.25) is 5.91 Å². The van der Waals surface area contributed by atoms with Crippen molar-refractivity contribution in [3.05, 3.63) is 22.8 Å². The number of rotatable bonds is 4. The zero-order valence-corrected chi connectivity index (χ0v) is 12.3. The van der Waals surface area contributed by atoms with Crippen LogP contribution in [-0.2, 0) is 4.79 Å². The third-order valence-corrected chi connectivity index (χ3v) is 3.72. The summed E-state index contributed by atoms with van der Waals surface area (Å²) in [5, 5.41) is 19.3. The maximum atomic E-state index is 11.9. The number of hydrogen-bond acceptors (Lipinski definition) is 5. The van der Waals surface area contributed by atoms with E-state index in [-0.39, 0.29) is 23.3 Å². The van der Waals surface area contributed by atoms with Crippen LogP contribution < -0.4 is 10.9 Å². The lowest BCUT2D eigenvalue weighted by atomic mass is 9.82. The van der Waals surface area contributed by atoms with Gasteiger partial charge >= 0.3 is 0 Å². The molecule has 6 nitrogen and oxygen atoms in total. The van der Waals surface area contributed by atoms with E-state index in [1.807, 2.05) is 6.07 Å². The Labute approximate surface area is 128 Å². The molecular formula is C14H17ClN4O2. The van der Waals surface area contributed by atoms with E-state index in [1.54, 1.807) is 0 Å². The van der Waals surface area contributed by atoms with Gasteiger partial charge in [0, 0.05) is 6.07 Å². The summed E-state index contributed by atoms with van der Waals surface area (Å²) in [6, 6.07) is 4.85. The number of nitrogens with zero attached hydrogens (tertiary/aromatic N) is 2. The summed E-state index contributed by atoms with van der Waals surface area (Å²) in [5.41, 5.74) is 4.51. The SMILES string of the molecule is N#Cc1cc(Cl)nc(NNC(=O)CC2(O)CCCCC2)c1. The van der Waals surface area contributed by atoms with Crippen molar-refractivity contribution in [3.8, 4) is 6.07 Å². The molecule has 0 bridgehead atoms. The van der Waals surface area contributed by atoms with Crippen LogP contribution in [0.1, 0.15) is 44.1 Å². The van der Waals surface area contributed by atoms with Crippen LogP contribution in [0.3, 0.4) is 0 Å². The average Bonchev–Trinajstić information content (AvgIpc) is 2.45. The van der Waals surface area contributed by atoms with Crippen LogP contribution in [0.25, 0.3) is 0 Å². The standard InChI is InChI=1S/C14H17ClN4O2/c15-11-6-10(9-16)7-12(17-11)18-19-13(20)8-14(21)4-2-1-3-5-14/h6-7,21H,1-5,8H2,(H,17,18)(H,19,20). The maximum absolute atomic E-state index is 11.9. The molecule has 1 saturated carbocycles. The molecule has 1 fully saturated rings. The molecule has 0 atom stereocenters. The predicted molar refractivity (Wildman–Crippen MR) is 78.4 cm³/mol. The topological polar surface area (TPSA) is 98.0 Å². The van der Waals surface area contributed by atoms with Crippen molar-refractivity contribution in [1.29, 1.82) is 5.26 Å². The van der Waals surface area contributed by atoms with E-state index in [4.69, 9.17) is 16.9 Å². The molecule has 1 aliphatic carbocycles. The Kier molecular flexibility index (Phi) is 4.99. The van der Waals surface area contributed by atoms with E-state index in [2.05, 4.69) is 15.8 Å². The first kappa shape index (κ1) is 15.5. The summed E-state index contributed by atoms with van der Waals surface area (Å²) < 4.78 is 0. The predicted octanol–water partition coefficient (Wildman–Crippen LogP) is 2.14. The summed E-state index contributed by atoms with van der Waals surface area (Å²) in [5.74, 6) is -0.0392. The van der Waals surface area contributed by atoms with Crippen LogP contribution in [0.4, 0.5) is 5.82 Å². The normalized spacial score (nSPS) is 16.8. The van der Waals surface area contributed by atoms with E-state index in [1.165, 1.54) is 12.1 Å². The molecule has 3 N–H and O–H groups in total. The summed E-state index contributed by atoms with van der Waals surface area (Å²) in [4.78, 5) is 15.8. The lowest BCUT2D eigenvalue weighted by molar-refractivity contribution is -0.126. The van der Waals surface area contributed by atoms with E-state index >= 15 is 0 Å². The number of carbonyl (C=O) groups excluding carboxylic acids is 1. The largest absolute Gasteiger partial charge is 0.389 e. The molecule has 7 heteroatoms. The van der Waals surface area contributed by atoms with Gasteiger partial charge in [-0.15, -0.1) is 0 Å². The lowest BCUT2D eigenvalue weighted by Gasteiger charge is -2.31. The van der Waals surface area contributed by atoms with Crippen molar-refractivity contribution in [2.24, 2.45) is 0 Å². The highest BCUT2D eigenvalue weighted by Crippen LogP contribution is 2.30. The number of anilines is 1. The fraction of sp³-hybridized carbons (Fsp3) is 0.500. The summed E-state index contributed by atoms with van der Waals surface area (Å²) in [6.45, 7) is 0. The Balaban J connectivity index is 1.89. The van der Waals surface area contributed by atoms with Gasteiger partial charge in [-0.25, -0.2) is 4.98 Å². The third kappa shape index (κ3) is 4.59. The fourth-order valence-electron chi connectivity index (χ4n) is 2.49. The number of hydrogen-bond donors (Lipinski definition) is 3. The first-order valence-electron chi connectivity index (χ1n) is 6.86. The molecule has 112 valence electrons. The molecular weight excluding hydrogens is 292 g/mol. The van der Waals surface area contributed by atoms with Crippen LogP contribution in [0, 0.1) is 11.3 Å². The number of aliphatic hydroxyl groups is 1. The molecule has 0 spiro atoms. The van der Waals surface area contributed by atoms with Crippen molar-refractivity contribution in [2.45, 2.75) is 44.1 Å². The van der Waals surface area contributed by atoms with Gasteiger partial charge in [0.25, 0.3) is 0 Å². The van der Waals surface area contributed by atoms with Gasteiger partial charge in [-0.2, -0.15) is 5.26 Å². The smallest absolute Gasteiger partial charge is 0.241 e. The summed E-state index contributed by atoms with van der Waals surface area (Å²) >= 11 is 5.77. The number of halogens is 1. The van der Waals surface area contributed by atoms with Crippen molar-refractivity contribution < 1.29 is 9.90 Å². The number of aromatic nitrogens is 1. The number of nitrogens with one attached hydrogen (secondary N) is 2. The molecule has 1 aromatic rings. The molecule has 21 heavy (non-hydrogen) atoms. The fourth-order valence-corrected chi connectivity index (χ4v) is 2.70. The van der Waals surface area contributed by atoms with Crippen molar-refractivity contribution in [2.75, 3.05) is 5.43 Å². The third-order valence-electron chi connectivity index (χ3n) is 3.53. The summed E-state index contributed by atoms with van der Waals surface area (Å²) in [6.07, 6.45) is 4.33. The first-order chi connectivity index (χ1) is 10.0. The highest BCUT2D eigenvalue weighted by atomic mass is 35.5. The summed E-state index contributed by atoms with van der Waals surface area (Å²) in [7, 11) is 0. The van der Waals surface area contributed by atoms with Gasteiger partial charge in [-0.1, -0.05) is 30.9 Å². The van der Waals surface area contributed by atoms with Gasteiger partial charge in [-0.05, 0) is 18.9 Å².